The van der Waals surface area contributed by atoms with Crippen LogP contribution < -0.4 is 15.9 Å². The molecule has 0 radical (unpaired) electrons. The predicted octanol–water partition coefficient (Wildman–Crippen LogP) is 3.55. The molecule has 3 rings (SSSR count). The van der Waals surface area contributed by atoms with Crippen molar-refractivity contribution in [2.75, 3.05) is 24.4 Å². The molecule has 0 spiro atoms. The molecule has 1 unspecified atom stereocenters. The third-order valence-electron chi connectivity index (χ3n) is 4.37. The van der Waals surface area contributed by atoms with Crippen LogP contribution in [0.1, 0.15) is 36.3 Å². The van der Waals surface area contributed by atoms with Gasteiger partial charge in [0.1, 0.15) is 17.5 Å². The topological polar surface area (TPSA) is 63.1 Å². The zero-order chi connectivity index (χ0) is 20.6. The molecule has 28 heavy (non-hydrogen) atoms. The van der Waals surface area contributed by atoms with Crippen molar-refractivity contribution in [2.24, 2.45) is 0 Å². The third kappa shape index (κ3) is 3.64. The number of hydrogen-bond donors (Lipinski definition) is 1. The summed E-state index contributed by atoms with van der Waals surface area (Å²) in [5.41, 5.74) is -0.364. The van der Waals surface area contributed by atoms with Gasteiger partial charge in [-0.25, -0.2) is 27.8 Å². The van der Waals surface area contributed by atoms with E-state index in [-0.39, 0.29) is 11.1 Å². The summed E-state index contributed by atoms with van der Waals surface area (Å²) in [6.45, 7) is 3.32. The van der Waals surface area contributed by atoms with Crippen LogP contribution >= 0.6 is 0 Å². The average molecular weight is 391 g/mol. The number of alkyl halides is 2. The fourth-order valence-electron chi connectivity index (χ4n) is 2.99. The lowest BCUT2D eigenvalue weighted by Gasteiger charge is -2.20. The summed E-state index contributed by atoms with van der Waals surface area (Å²) < 4.78 is 41.9. The van der Waals surface area contributed by atoms with Crippen molar-refractivity contribution in [1.29, 1.82) is 0 Å². The standard InChI is InChI=1S/C19H20F3N5O/c1-10(12-6-5-7-13(17(12)20)18(21)22)23-19-14-9-27(26(3)4)16(28)8-15(14)24-11(2)25-19/h5-10,18H,1-4H3,(H,23,24,25). The third-order valence-corrected chi connectivity index (χ3v) is 4.37. The van der Waals surface area contributed by atoms with Crippen LogP contribution in [-0.4, -0.2) is 28.7 Å². The highest BCUT2D eigenvalue weighted by atomic mass is 19.3. The Kier molecular flexibility index (Phi) is 5.26. The number of hydrogen-bond acceptors (Lipinski definition) is 5. The van der Waals surface area contributed by atoms with Crippen LogP contribution in [0.3, 0.4) is 0 Å². The number of aryl methyl sites for hydroxylation is 1. The molecule has 2 heterocycles. The minimum atomic E-state index is -2.90. The van der Waals surface area contributed by atoms with Crippen LogP contribution in [0.25, 0.3) is 10.9 Å². The summed E-state index contributed by atoms with van der Waals surface area (Å²) in [5, 5.41) is 5.21. The predicted molar refractivity (Wildman–Crippen MR) is 102 cm³/mol. The Balaban J connectivity index is 2.08. The number of rotatable bonds is 5. The first-order valence-electron chi connectivity index (χ1n) is 8.60. The van der Waals surface area contributed by atoms with E-state index in [4.69, 9.17) is 0 Å². The van der Waals surface area contributed by atoms with Gasteiger partial charge in [0.2, 0.25) is 0 Å². The fourth-order valence-corrected chi connectivity index (χ4v) is 2.99. The number of aromatic nitrogens is 3. The fraction of sp³-hybridized carbons (Fsp3) is 0.316. The van der Waals surface area contributed by atoms with Crippen molar-refractivity contribution < 1.29 is 13.2 Å². The van der Waals surface area contributed by atoms with Gasteiger partial charge in [0.05, 0.1) is 22.5 Å². The molecule has 9 heteroatoms. The molecule has 0 bridgehead atoms. The van der Waals surface area contributed by atoms with Crippen LogP contribution in [-0.2, 0) is 0 Å². The molecule has 3 aromatic rings. The maximum atomic E-state index is 14.5. The quantitative estimate of drug-likeness (QED) is 0.721. The van der Waals surface area contributed by atoms with E-state index < -0.39 is 23.8 Å². The highest BCUT2D eigenvalue weighted by Crippen LogP contribution is 2.30. The Morgan fingerprint density at radius 2 is 1.86 bits per heavy atom. The molecule has 0 saturated heterocycles. The smallest absolute Gasteiger partial charge is 0.271 e. The molecule has 1 aromatic carbocycles. The highest BCUT2D eigenvalue weighted by Gasteiger charge is 2.20. The van der Waals surface area contributed by atoms with E-state index in [1.165, 1.54) is 22.9 Å². The molecule has 6 nitrogen and oxygen atoms in total. The van der Waals surface area contributed by atoms with Crippen LogP contribution in [0.5, 0.6) is 0 Å². The first kappa shape index (κ1) is 19.7. The van der Waals surface area contributed by atoms with Gasteiger partial charge < -0.3 is 10.3 Å². The normalized spacial score (nSPS) is 12.4. The van der Waals surface area contributed by atoms with Gasteiger partial charge in [-0.3, -0.25) is 4.79 Å². The molecular formula is C19H20F3N5O. The summed E-state index contributed by atoms with van der Waals surface area (Å²) in [4.78, 5) is 20.8. The van der Waals surface area contributed by atoms with E-state index in [2.05, 4.69) is 15.3 Å². The summed E-state index contributed by atoms with van der Waals surface area (Å²) in [5.74, 6) is -0.142. The first-order chi connectivity index (χ1) is 13.2. The van der Waals surface area contributed by atoms with Crippen molar-refractivity contribution in [2.45, 2.75) is 26.3 Å². The molecule has 0 aliphatic rings. The van der Waals surface area contributed by atoms with Crippen molar-refractivity contribution in [1.82, 2.24) is 14.6 Å². The molecular weight excluding hydrogens is 371 g/mol. The second-order valence-electron chi connectivity index (χ2n) is 6.64. The highest BCUT2D eigenvalue weighted by molar-refractivity contribution is 5.88. The first-order valence-corrected chi connectivity index (χ1v) is 8.60. The largest absolute Gasteiger partial charge is 0.363 e. The maximum Gasteiger partial charge on any atom is 0.271 e. The number of fused-ring (bicyclic) bond motifs is 1. The Morgan fingerprint density at radius 1 is 1.18 bits per heavy atom. The van der Waals surface area contributed by atoms with E-state index >= 15 is 0 Å². The summed E-state index contributed by atoms with van der Waals surface area (Å²) in [7, 11) is 3.42. The Hall–Kier alpha value is -3.10. The van der Waals surface area contributed by atoms with Gasteiger partial charge in [-0.05, 0) is 13.8 Å². The van der Waals surface area contributed by atoms with E-state index in [1.54, 1.807) is 39.1 Å². The lowest BCUT2D eigenvalue weighted by molar-refractivity contribution is 0.146. The monoisotopic (exact) mass is 391 g/mol. The number of anilines is 1. The van der Waals surface area contributed by atoms with Crippen molar-refractivity contribution in [3.8, 4) is 0 Å². The van der Waals surface area contributed by atoms with Gasteiger partial charge in [-0.2, -0.15) is 0 Å². The molecule has 2 aromatic heterocycles. The van der Waals surface area contributed by atoms with Crippen LogP contribution in [0, 0.1) is 12.7 Å². The Bertz CT molecular complexity index is 1080. The van der Waals surface area contributed by atoms with Gasteiger partial charge in [-0.15, -0.1) is 0 Å². The Morgan fingerprint density at radius 3 is 2.50 bits per heavy atom. The molecule has 1 atom stereocenters. The van der Waals surface area contributed by atoms with E-state index in [9.17, 15) is 18.0 Å². The zero-order valence-electron chi connectivity index (χ0n) is 15.9. The SMILES string of the molecule is Cc1nc(NC(C)c2cccc(C(F)F)c2F)c2cn(N(C)C)c(=O)cc2n1. The van der Waals surface area contributed by atoms with Gasteiger partial charge in [0.25, 0.3) is 12.0 Å². The molecule has 1 N–H and O–H groups in total. The van der Waals surface area contributed by atoms with Crippen LogP contribution in [0.4, 0.5) is 19.0 Å². The van der Waals surface area contributed by atoms with Gasteiger partial charge >= 0.3 is 0 Å². The van der Waals surface area contributed by atoms with E-state index in [0.29, 0.717) is 22.5 Å². The minimum absolute atomic E-state index is 0.100. The van der Waals surface area contributed by atoms with E-state index in [0.717, 1.165) is 6.07 Å². The summed E-state index contributed by atoms with van der Waals surface area (Å²) in [6.07, 6.45) is -1.32. The molecule has 0 amide bonds. The molecule has 0 saturated carbocycles. The zero-order valence-corrected chi connectivity index (χ0v) is 15.9. The molecule has 0 aliphatic heterocycles. The van der Waals surface area contributed by atoms with Gasteiger partial charge in [0.15, 0.2) is 0 Å². The number of benzene rings is 1. The maximum absolute atomic E-state index is 14.5. The number of nitrogens with one attached hydrogen (secondary N) is 1. The molecule has 0 fully saturated rings. The second-order valence-corrected chi connectivity index (χ2v) is 6.64. The lowest BCUT2D eigenvalue weighted by atomic mass is 10.0. The Labute approximate surface area is 159 Å². The summed E-state index contributed by atoms with van der Waals surface area (Å²) >= 11 is 0. The number of pyridine rings is 1. The number of nitrogens with zero attached hydrogens (tertiary/aromatic N) is 4. The second kappa shape index (κ2) is 7.49. The van der Waals surface area contributed by atoms with Crippen LogP contribution in [0.2, 0.25) is 0 Å². The summed E-state index contributed by atoms with van der Waals surface area (Å²) in [6, 6.07) is 4.65. The van der Waals surface area contributed by atoms with Crippen molar-refractivity contribution >= 4 is 16.7 Å². The van der Waals surface area contributed by atoms with Gasteiger partial charge in [0, 0.05) is 31.9 Å². The minimum Gasteiger partial charge on any atom is -0.363 e. The van der Waals surface area contributed by atoms with Crippen molar-refractivity contribution in [3.63, 3.8) is 0 Å². The average Bonchev–Trinajstić information content (AvgIpc) is 2.60. The van der Waals surface area contributed by atoms with Gasteiger partial charge in [-0.1, -0.05) is 18.2 Å². The van der Waals surface area contributed by atoms with Crippen LogP contribution in [0.15, 0.2) is 35.3 Å². The lowest BCUT2D eigenvalue weighted by Crippen LogP contribution is -2.35. The van der Waals surface area contributed by atoms with E-state index in [1.807, 2.05) is 0 Å². The van der Waals surface area contributed by atoms with Crippen molar-refractivity contribution in [3.05, 3.63) is 63.6 Å². The number of halogens is 3. The molecule has 0 aliphatic carbocycles. The molecule has 148 valence electrons.